The number of rotatable bonds is 12. The minimum absolute atomic E-state index is 0.688. The zero-order valence-electron chi connectivity index (χ0n) is 65.6. The van der Waals surface area contributed by atoms with Crippen molar-refractivity contribution < 1.29 is 0 Å². The summed E-state index contributed by atoms with van der Waals surface area (Å²) in [6.45, 7) is 65.9. The fourth-order valence-corrected chi connectivity index (χ4v) is 29.1. The van der Waals surface area contributed by atoms with E-state index < -0.39 is 0 Å². The first-order valence-electron chi connectivity index (χ1n) is 42.8. The van der Waals surface area contributed by atoms with Gasteiger partial charge in [-0.1, -0.05) is 166 Å². The molecule has 12 saturated carbocycles. The molecule has 4 heteroatoms. The van der Waals surface area contributed by atoms with Crippen LogP contribution in [0.3, 0.4) is 0 Å². The molecule has 12 rings (SSSR count). The summed E-state index contributed by atoms with van der Waals surface area (Å²) in [6, 6.07) is 8.51. The maximum Gasteiger partial charge on any atom is 0.0158 e. The van der Waals surface area contributed by atoms with Gasteiger partial charge in [0.05, 0.1) is 0 Å². The first-order chi connectivity index (χ1) is 43.7. The summed E-state index contributed by atoms with van der Waals surface area (Å²) in [7, 11) is 0. The zero-order chi connectivity index (χ0) is 66.1. The summed E-state index contributed by atoms with van der Waals surface area (Å²) in [5, 5.41) is 0. The highest BCUT2D eigenvalue weighted by Crippen LogP contribution is 2.66. The summed E-state index contributed by atoms with van der Waals surface area (Å²) >= 11 is 0. The van der Waals surface area contributed by atoms with Crippen LogP contribution in [0.15, 0.2) is 0 Å². The van der Waals surface area contributed by atoms with Crippen molar-refractivity contribution in [2.45, 2.75) is 380 Å². The Bertz CT molecular complexity index is 1950. The molecular formula is C88H158N4. The van der Waals surface area contributed by atoms with Crippen LogP contribution in [-0.4, -0.2) is 92.1 Å². The Morgan fingerprint density at radius 3 is 0.457 bits per heavy atom. The van der Waals surface area contributed by atoms with Gasteiger partial charge < -0.3 is 0 Å². The summed E-state index contributed by atoms with van der Waals surface area (Å²) < 4.78 is 0. The standard InChI is InChI=1S/C88H158N4/c1-47-25-33-71(34-26-47)89(85-63(17)55(9)51(5)56(10)64(85)18)79-45-80(90(72-35-27-48(2)28-36-72)86-65(19)57(11)52(6)58(12)66(86)20)76-43-44-78-82(92(74-39-31-50(4)32-40-74)88-69(23)61(15)54(8)62(16)70(88)24)46-81(77-42-41-75(79)83(76)84(77)78)91(73-37-29-49(3)30-38-73)87-67(21)59(13)53(7)60(14)68(87)22/h47-88H,25-46H2,1-24H3. The normalized spacial score (nSPS) is 57.0. The van der Waals surface area contributed by atoms with Gasteiger partial charge in [-0.15, -0.1) is 0 Å². The van der Waals surface area contributed by atoms with Crippen LogP contribution in [-0.2, 0) is 0 Å². The molecule has 4 nitrogen and oxygen atoms in total. The van der Waals surface area contributed by atoms with E-state index in [-0.39, 0.29) is 0 Å². The number of hydrogen-bond donors (Lipinski definition) is 0. The molecule has 0 saturated heterocycles. The third-order valence-corrected chi connectivity index (χ3v) is 37.1. The van der Waals surface area contributed by atoms with Crippen molar-refractivity contribution in [2.75, 3.05) is 0 Å². The highest BCUT2D eigenvalue weighted by atomic mass is 15.3. The molecule has 92 heavy (non-hydrogen) atoms. The van der Waals surface area contributed by atoms with Crippen LogP contribution in [0.5, 0.6) is 0 Å². The molecule has 12 fully saturated rings. The lowest BCUT2D eigenvalue weighted by atomic mass is 9.43. The fraction of sp³-hybridized carbons (Fsp3) is 1.00. The molecule has 0 aromatic rings. The molecule has 0 aromatic carbocycles. The topological polar surface area (TPSA) is 13.0 Å². The Morgan fingerprint density at radius 1 is 0.163 bits per heavy atom. The molecule has 530 valence electrons. The van der Waals surface area contributed by atoms with Gasteiger partial charge in [0.25, 0.3) is 0 Å². The van der Waals surface area contributed by atoms with Gasteiger partial charge in [-0.3, -0.25) is 19.6 Å². The van der Waals surface area contributed by atoms with Gasteiger partial charge in [0.2, 0.25) is 0 Å². The largest absolute Gasteiger partial charge is 0.294 e. The molecule has 0 heterocycles. The highest BCUT2D eigenvalue weighted by molar-refractivity contribution is 5.19. The molecule has 0 aromatic heterocycles. The molecule has 0 bridgehead atoms. The van der Waals surface area contributed by atoms with Gasteiger partial charge in [0.1, 0.15) is 0 Å². The van der Waals surface area contributed by atoms with Crippen LogP contribution in [0.2, 0.25) is 0 Å². The van der Waals surface area contributed by atoms with Crippen molar-refractivity contribution in [1.82, 2.24) is 19.6 Å². The van der Waals surface area contributed by atoms with Crippen LogP contribution < -0.4 is 0 Å². The SMILES string of the molecule is CC1CCC(N(C2CC(N(C3CCC(C)CC3)C3C(C)C(C)C(C)C(C)C3C)C3CCC4C5C(CCC2C35)C(N(C2CCC(C)CC2)C2C(C)C(C)C(C)C(C)C2C)CC4N(C2CCC(C)CC2)C2C(C)C(C)C(C)C(C)C2C)C2C(C)C(C)C(C)C(C)C2C)CC1. The monoisotopic (exact) mass is 1270 g/mol. The van der Waals surface area contributed by atoms with Crippen molar-refractivity contribution in [2.24, 2.45) is 178 Å². The third kappa shape index (κ3) is 12.5. The Balaban J connectivity index is 1.09. The predicted octanol–water partition coefficient (Wildman–Crippen LogP) is 22.3. The van der Waals surface area contributed by atoms with E-state index in [1.54, 1.807) is 0 Å². The molecule has 0 radical (unpaired) electrons. The van der Waals surface area contributed by atoms with E-state index in [0.29, 0.717) is 48.3 Å². The minimum atomic E-state index is 0.688. The van der Waals surface area contributed by atoms with Gasteiger partial charge in [-0.05, 0) is 319 Å². The van der Waals surface area contributed by atoms with E-state index in [1.807, 2.05) is 0 Å². The van der Waals surface area contributed by atoms with Gasteiger partial charge in [0.15, 0.2) is 0 Å². The van der Waals surface area contributed by atoms with Gasteiger partial charge >= 0.3 is 0 Å². The summed E-state index contributed by atoms with van der Waals surface area (Å²) in [5.74, 6) is 23.7. The van der Waals surface area contributed by atoms with E-state index in [9.17, 15) is 0 Å². The smallest absolute Gasteiger partial charge is 0.0158 e. The Labute approximate surface area is 573 Å². The van der Waals surface area contributed by atoms with Gasteiger partial charge in [-0.25, -0.2) is 0 Å². The average Bonchev–Trinajstić information content (AvgIpc) is 0.697. The van der Waals surface area contributed by atoms with E-state index >= 15 is 0 Å². The maximum absolute atomic E-state index is 3.65. The van der Waals surface area contributed by atoms with Crippen molar-refractivity contribution in [3.8, 4) is 0 Å². The summed E-state index contributed by atoms with van der Waals surface area (Å²) in [4.78, 5) is 14.6. The maximum atomic E-state index is 3.65. The molecular weight excluding hydrogens is 1110 g/mol. The Hall–Kier alpha value is -0.160. The third-order valence-electron chi connectivity index (χ3n) is 37.1. The second kappa shape index (κ2) is 28.7. The highest BCUT2D eigenvalue weighted by Gasteiger charge is 2.67. The molecule has 0 aliphatic heterocycles. The quantitative estimate of drug-likeness (QED) is 0.193. The Morgan fingerprint density at radius 2 is 0.304 bits per heavy atom. The van der Waals surface area contributed by atoms with Crippen LogP contribution in [0.4, 0.5) is 0 Å². The van der Waals surface area contributed by atoms with Crippen LogP contribution in [0, 0.1) is 178 Å². The molecule has 12 aliphatic carbocycles. The van der Waals surface area contributed by atoms with Crippen LogP contribution in [0.25, 0.3) is 0 Å². The predicted molar refractivity (Wildman–Crippen MR) is 395 cm³/mol. The van der Waals surface area contributed by atoms with E-state index in [1.165, 1.54) is 141 Å². The number of nitrogens with zero attached hydrogens (tertiary/aromatic N) is 4. The van der Waals surface area contributed by atoms with Crippen molar-refractivity contribution >= 4 is 0 Å². The molecule has 0 N–H and O–H groups in total. The molecule has 0 amide bonds. The zero-order valence-corrected chi connectivity index (χ0v) is 65.6. The first kappa shape index (κ1) is 71.7. The van der Waals surface area contributed by atoms with Crippen LogP contribution >= 0.6 is 0 Å². The average molecular weight is 1270 g/mol. The lowest BCUT2D eigenvalue weighted by Crippen LogP contribution is -2.74. The second-order valence-electron chi connectivity index (χ2n) is 40.3. The van der Waals surface area contributed by atoms with Crippen LogP contribution in [0.1, 0.15) is 307 Å². The summed E-state index contributed by atoms with van der Waals surface area (Å²) in [6.07, 6.45) is 32.3. The Kier molecular flexibility index (Phi) is 22.4. The van der Waals surface area contributed by atoms with E-state index in [4.69, 9.17) is 0 Å². The first-order valence-corrected chi connectivity index (χ1v) is 42.8. The lowest BCUT2D eigenvalue weighted by molar-refractivity contribution is -0.214. The van der Waals surface area contributed by atoms with Crippen molar-refractivity contribution in [1.29, 1.82) is 0 Å². The lowest BCUT2D eigenvalue weighted by Gasteiger charge is -2.71. The summed E-state index contributed by atoms with van der Waals surface area (Å²) in [5.41, 5.74) is 0. The van der Waals surface area contributed by atoms with Gasteiger partial charge in [-0.2, -0.15) is 0 Å². The van der Waals surface area contributed by atoms with Gasteiger partial charge in [0, 0.05) is 72.5 Å². The van der Waals surface area contributed by atoms with Crippen molar-refractivity contribution in [3.63, 3.8) is 0 Å². The van der Waals surface area contributed by atoms with Crippen molar-refractivity contribution in [3.05, 3.63) is 0 Å². The number of hydrogen-bond acceptors (Lipinski definition) is 4. The molecule has 0 spiro atoms. The molecule has 12 aliphatic rings. The molecule has 24 atom stereocenters. The molecule has 24 unspecified atom stereocenters. The van der Waals surface area contributed by atoms with E-state index in [0.717, 1.165) is 202 Å². The fourth-order valence-electron chi connectivity index (χ4n) is 29.1. The van der Waals surface area contributed by atoms with E-state index in [2.05, 4.69) is 186 Å². The second-order valence-corrected chi connectivity index (χ2v) is 40.3. The minimum Gasteiger partial charge on any atom is -0.294 e.